The first-order chi connectivity index (χ1) is 7.65. The molecule has 1 aliphatic heterocycles. The lowest BCUT2D eigenvalue weighted by Gasteiger charge is -2.27. The highest BCUT2D eigenvalue weighted by Gasteiger charge is 2.31. The lowest BCUT2D eigenvalue weighted by Crippen LogP contribution is -2.36. The summed E-state index contributed by atoms with van der Waals surface area (Å²) in [6, 6.07) is -0.299. The average molecular weight is 227 g/mol. The summed E-state index contributed by atoms with van der Waals surface area (Å²) in [6.45, 7) is 2.71. The van der Waals surface area contributed by atoms with Crippen LogP contribution in [0, 0.1) is 5.92 Å². The van der Waals surface area contributed by atoms with Crippen LogP contribution in [0.4, 0.5) is 0 Å². The van der Waals surface area contributed by atoms with Gasteiger partial charge in [0.25, 0.3) is 0 Å². The summed E-state index contributed by atoms with van der Waals surface area (Å²) in [5.74, 6) is 0.476. The molecule has 16 heavy (non-hydrogen) atoms. The molecule has 4 heteroatoms. The number of nitrogens with one attached hydrogen (secondary N) is 1. The number of hydrogen-bond acceptors (Lipinski definition) is 4. The van der Waals surface area contributed by atoms with Crippen molar-refractivity contribution in [1.82, 2.24) is 5.32 Å². The van der Waals surface area contributed by atoms with E-state index in [1.165, 1.54) is 6.42 Å². The highest BCUT2D eigenvalue weighted by Crippen LogP contribution is 2.26. The highest BCUT2D eigenvalue weighted by atomic mass is 16.5. The lowest BCUT2D eigenvalue weighted by molar-refractivity contribution is -0.153. The largest absolute Gasteiger partial charge is 0.461 e. The molecule has 0 aromatic carbocycles. The van der Waals surface area contributed by atoms with Crippen LogP contribution in [0.5, 0.6) is 0 Å². The SMILES string of the molecule is CC1CCCC(OC(=O)C2CC(O)CN2)C1. The molecular weight excluding hydrogens is 206 g/mol. The molecule has 0 radical (unpaired) electrons. The summed E-state index contributed by atoms with van der Waals surface area (Å²) in [4.78, 5) is 11.8. The van der Waals surface area contributed by atoms with E-state index in [1.807, 2.05) is 0 Å². The van der Waals surface area contributed by atoms with Crippen molar-refractivity contribution in [2.75, 3.05) is 6.54 Å². The Kier molecular flexibility index (Phi) is 3.82. The molecule has 2 N–H and O–H groups in total. The summed E-state index contributed by atoms with van der Waals surface area (Å²) in [6.07, 6.45) is 4.56. The minimum Gasteiger partial charge on any atom is -0.461 e. The van der Waals surface area contributed by atoms with Crippen LogP contribution in [0.2, 0.25) is 0 Å². The minimum atomic E-state index is -0.400. The van der Waals surface area contributed by atoms with Crippen LogP contribution in [0.25, 0.3) is 0 Å². The van der Waals surface area contributed by atoms with Crippen molar-refractivity contribution in [3.05, 3.63) is 0 Å². The summed E-state index contributed by atoms with van der Waals surface area (Å²) < 4.78 is 5.48. The Bertz CT molecular complexity index is 257. The molecule has 0 spiro atoms. The lowest BCUT2D eigenvalue weighted by atomic mass is 9.89. The number of rotatable bonds is 2. The molecule has 0 amide bonds. The van der Waals surface area contributed by atoms with E-state index in [9.17, 15) is 9.90 Å². The van der Waals surface area contributed by atoms with Crippen LogP contribution in [-0.4, -0.2) is 35.9 Å². The van der Waals surface area contributed by atoms with E-state index in [0.717, 1.165) is 19.3 Å². The van der Waals surface area contributed by atoms with E-state index < -0.39 is 6.10 Å². The van der Waals surface area contributed by atoms with E-state index in [-0.39, 0.29) is 18.1 Å². The van der Waals surface area contributed by atoms with Crippen LogP contribution < -0.4 is 5.32 Å². The van der Waals surface area contributed by atoms with Gasteiger partial charge in [-0.05, 0) is 25.2 Å². The normalized spacial score (nSPS) is 39.6. The van der Waals surface area contributed by atoms with Gasteiger partial charge in [0, 0.05) is 13.0 Å². The van der Waals surface area contributed by atoms with Gasteiger partial charge in [0.15, 0.2) is 0 Å². The van der Waals surface area contributed by atoms with Gasteiger partial charge in [-0.2, -0.15) is 0 Å². The first-order valence-corrected chi connectivity index (χ1v) is 6.27. The van der Waals surface area contributed by atoms with E-state index in [0.29, 0.717) is 18.9 Å². The van der Waals surface area contributed by atoms with Crippen molar-refractivity contribution in [3.8, 4) is 0 Å². The van der Waals surface area contributed by atoms with Crippen molar-refractivity contribution in [2.24, 2.45) is 5.92 Å². The number of carbonyl (C=O) groups excluding carboxylic acids is 1. The molecule has 1 heterocycles. The molecule has 0 bridgehead atoms. The van der Waals surface area contributed by atoms with E-state index in [4.69, 9.17) is 4.74 Å². The number of aliphatic hydroxyl groups excluding tert-OH is 1. The Balaban J connectivity index is 1.78. The first-order valence-electron chi connectivity index (χ1n) is 6.27. The molecule has 1 saturated carbocycles. The fraction of sp³-hybridized carbons (Fsp3) is 0.917. The molecule has 0 aromatic rings. The van der Waals surface area contributed by atoms with Gasteiger partial charge in [0.05, 0.1) is 6.10 Å². The zero-order valence-electron chi connectivity index (χ0n) is 9.82. The second-order valence-corrected chi connectivity index (χ2v) is 5.18. The van der Waals surface area contributed by atoms with Crippen molar-refractivity contribution in [3.63, 3.8) is 0 Å². The Morgan fingerprint density at radius 1 is 1.38 bits per heavy atom. The van der Waals surface area contributed by atoms with Gasteiger partial charge in [-0.1, -0.05) is 13.3 Å². The third-order valence-corrected chi connectivity index (χ3v) is 3.56. The van der Waals surface area contributed by atoms with Crippen molar-refractivity contribution < 1.29 is 14.6 Å². The summed E-state index contributed by atoms with van der Waals surface area (Å²) in [7, 11) is 0. The van der Waals surface area contributed by atoms with E-state index in [1.54, 1.807) is 0 Å². The Morgan fingerprint density at radius 2 is 2.19 bits per heavy atom. The van der Waals surface area contributed by atoms with Crippen LogP contribution in [0.1, 0.15) is 39.0 Å². The summed E-state index contributed by atoms with van der Waals surface area (Å²) in [5, 5.41) is 12.3. The van der Waals surface area contributed by atoms with E-state index in [2.05, 4.69) is 12.2 Å². The Labute approximate surface area is 96.4 Å². The van der Waals surface area contributed by atoms with Crippen LogP contribution in [0.3, 0.4) is 0 Å². The van der Waals surface area contributed by atoms with Crippen molar-refractivity contribution in [1.29, 1.82) is 0 Å². The number of aliphatic hydroxyl groups is 1. The molecule has 2 aliphatic rings. The van der Waals surface area contributed by atoms with Crippen LogP contribution in [-0.2, 0) is 9.53 Å². The number of carbonyl (C=O) groups is 1. The number of ether oxygens (including phenoxy) is 1. The maximum absolute atomic E-state index is 11.8. The van der Waals surface area contributed by atoms with Crippen LogP contribution in [0.15, 0.2) is 0 Å². The standard InChI is InChI=1S/C12H21NO3/c1-8-3-2-4-10(5-8)16-12(15)11-6-9(14)7-13-11/h8-11,13-14H,2-7H2,1H3. The molecule has 2 fully saturated rings. The molecular formula is C12H21NO3. The molecule has 4 atom stereocenters. The fourth-order valence-corrected chi connectivity index (χ4v) is 2.63. The highest BCUT2D eigenvalue weighted by molar-refractivity contribution is 5.76. The molecule has 2 rings (SSSR count). The predicted octanol–water partition coefficient (Wildman–Crippen LogP) is 0.831. The zero-order valence-corrected chi connectivity index (χ0v) is 9.82. The topological polar surface area (TPSA) is 58.6 Å². The molecule has 1 saturated heterocycles. The van der Waals surface area contributed by atoms with Gasteiger partial charge in [0.2, 0.25) is 0 Å². The molecule has 92 valence electrons. The Hall–Kier alpha value is -0.610. The monoisotopic (exact) mass is 227 g/mol. The smallest absolute Gasteiger partial charge is 0.323 e. The third-order valence-electron chi connectivity index (χ3n) is 3.56. The average Bonchev–Trinajstić information content (AvgIpc) is 2.65. The number of esters is 1. The quantitative estimate of drug-likeness (QED) is 0.686. The maximum atomic E-state index is 11.8. The van der Waals surface area contributed by atoms with Gasteiger partial charge in [-0.25, -0.2) is 0 Å². The number of hydrogen-bond donors (Lipinski definition) is 2. The van der Waals surface area contributed by atoms with Crippen molar-refractivity contribution in [2.45, 2.75) is 57.3 Å². The van der Waals surface area contributed by atoms with Crippen molar-refractivity contribution >= 4 is 5.97 Å². The zero-order chi connectivity index (χ0) is 11.5. The van der Waals surface area contributed by atoms with Gasteiger partial charge < -0.3 is 15.2 Å². The molecule has 1 aliphatic carbocycles. The number of β-amino-alcohol motifs (C(OH)–C–C–N with tert-alkyl or cyclic N) is 1. The molecule has 4 nitrogen and oxygen atoms in total. The summed E-state index contributed by atoms with van der Waals surface area (Å²) >= 11 is 0. The van der Waals surface area contributed by atoms with Gasteiger partial charge in [-0.15, -0.1) is 0 Å². The predicted molar refractivity (Wildman–Crippen MR) is 59.9 cm³/mol. The van der Waals surface area contributed by atoms with E-state index >= 15 is 0 Å². The second kappa shape index (κ2) is 5.15. The Morgan fingerprint density at radius 3 is 2.81 bits per heavy atom. The van der Waals surface area contributed by atoms with Gasteiger partial charge in [-0.3, -0.25) is 4.79 Å². The minimum absolute atomic E-state index is 0.0933. The fourth-order valence-electron chi connectivity index (χ4n) is 2.63. The third kappa shape index (κ3) is 2.95. The van der Waals surface area contributed by atoms with Crippen LogP contribution >= 0.6 is 0 Å². The first kappa shape index (κ1) is 11.9. The second-order valence-electron chi connectivity index (χ2n) is 5.18. The maximum Gasteiger partial charge on any atom is 0.323 e. The van der Waals surface area contributed by atoms with Gasteiger partial charge >= 0.3 is 5.97 Å². The molecule has 4 unspecified atom stereocenters. The molecule has 0 aromatic heterocycles. The van der Waals surface area contributed by atoms with Gasteiger partial charge in [0.1, 0.15) is 12.1 Å². The summed E-state index contributed by atoms with van der Waals surface area (Å²) in [5.41, 5.74) is 0.